The summed E-state index contributed by atoms with van der Waals surface area (Å²) in [7, 11) is 4.08. The van der Waals surface area contributed by atoms with Gasteiger partial charge in [0.15, 0.2) is 0 Å². The Hall–Kier alpha value is -0.920. The van der Waals surface area contributed by atoms with E-state index in [9.17, 15) is 0 Å². The van der Waals surface area contributed by atoms with Gasteiger partial charge in [-0.05, 0) is 31.6 Å². The Bertz CT molecular complexity index is 715. The number of halogens is 1. The number of likely N-dealkylation sites (N-methyl/N-ethyl adjacent to an activating group) is 1. The third kappa shape index (κ3) is 3.00. The van der Waals surface area contributed by atoms with Crippen molar-refractivity contribution in [3.05, 3.63) is 39.3 Å². The van der Waals surface area contributed by atoms with Gasteiger partial charge in [-0.3, -0.25) is 4.68 Å². The summed E-state index contributed by atoms with van der Waals surface area (Å²) >= 11 is 9.77. The summed E-state index contributed by atoms with van der Waals surface area (Å²) in [4.78, 5) is 3.25. The number of nitrogens with two attached hydrogens (primary N) is 1. The molecule has 0 spiro atoms. The fourth-order valence-electron chi connectivity index (χ4n) is 2.23. The summed E-state index contributed by atoms with van der Waals surface area (Å²) in [6.07, 6.45) is 1.68. The molecule has 1 atom stereocenters. The van der Waals surface area contributed by atoms with Crippen LogP contribution in [0.3, 0.4) is 0 Å². The van der Waals surface area contributed by atoms with Gasteiger partial charge in [0.2, 0.25) is 0 Å². The van der Waals surface area contributed by atoms with E-state index >= 15 is 0 Å². The van der Waals surface area contributed by atoms with Gasteiger partial charge in [0.1, 0.15) is 0 Å². The van der Waals surface area contributed by atoms with Crippen LogP contribution in [0.1, 0.15) is 16.6 Å². The SMILES string of the molecule is CN(C)CCn1ncc(Cl)c1C(N)c1cc2sccc2s1. The first-order valence-electron chi connectivity index (χ1n) is 6.64. The molecular formula is C14H17ClN4S2. The molecule has 21 heavy (non-hydrogen) atoms. The summed E-state index contributed by atoms with van der Waals surface area (Å²) in [5, 5.41) is 7.10. The number of rotatable bonds is 5. The minimum absolute atomic E-state index is 0.230. The second-order valence-electron chi connectivity index (χ2n) is 5.18. The Labute approximate surface area is 136 Å². The van der Waals surface area contributed by atoms with Gasteiger partial charge in [-0.2, -0.15) is 5.10 Å². The maximum absolute atomic E-state index is 6.45. The first kappa shape index (κ1) is 15.0. The predicted molar refractivity (Wildman–Crippen MR) is 91.5 cm³/mol. The highest BCUT2D eigenvalue weighted by Crippen LogP contribution is 2.36. The van der Waals surface area contributed by atoms with Crippen LogP contribution in [0.5, 0.6) is 0 Å². The Morgan fingerprint density at radius 3 is 2.95 bits per heavy atom. The molecule has 3 aromatic heterocycles. The van der Waals surface area contributed by atoms with E-state index in [1.807, 2.05) is 18.8 Å². The maximum atomic E-state index is 6.45. The average molecular weight is 341 g/mol. The molecule has 0 aliphatic heterocycles. The molecule has 0 aliphatic carbocycles. The van der Waals surface area contributed by atoms with Gasteiger partial charge in [-0.25, -0.2) is 0 Å². The van der Waals surface area contributed by atoms with E-state index in [0.29, 0.717) is 5.02 Å². The first-order valence-corrected chi connectivity index (χ1v) is 8.72. The molecule has 0 saturated carbocycles. The van der Waals surface area contributed by atoms with E-state index in [2.05, 4.69) is 27.5 Å². The highest BCUT2D eigenvalue weighted by atomic mass is 35.5. The summed E-state index contributed by atoms with van der Waals surface area (Å²) in [5.74, 6) is 0. The van der Waals surface area contributed by atoms with Crippen LogP contribution in [-0.4, -0.2) is 35.3 Å². The van der Waals surface area contributed by atoms with Crippen molar-refractivity contribution in [1.82, 2.24) is 14.7 Å². The summed E-state index contributed by atoms with van der Waals surface area (Å²) in [6.45, 7) is 1.68. The van der Waals surface area contributed by atoms with Crippen LogP contribution in [0.15, 0.2) is 23.7 Å². The molecule has 112 valence electrons. The highest BCUT2D eigenvalue weighted by molar-refractivity contribution is 7.27. The number of thiophene rings is 2. The quantitative estimate of drug-likeness (QED) is 0.774. The monoisotopic (exact) mass is 340 g/mol. The Kier molecular flexibility index (Phi) is 4.33. The van der Waals surface area contributed by atoms with E-state index in [0.717, 1.165) is 23.7 Å². The van der Waals surface area contributed by atoms with Gasteiger partial charge < -0.3 is 10.6 Å². The Morgan fingerprint density at radius 2 is 2.24 bits per heavy atom. The molecule has 3 aromatic rings. The Morgan fingerprint density at radius 1 is 1.43 bits per heavy atom. The first-order chi connectivity index (χ1) is 10.1. The van der Waals surface area contributed by atoms with Gasteiger partial charge in [-0.15, -0.1) is 22.7 Å². The minimum atomic E-state index is -0.230. The predicted octanol–water partition coefficient (Wildman–Crippen LogP) is 3.42. The molecule has 1 unspecified atom stereocenters. The van der Waals surface area contributed by atoms with Gasteiger partial charge >= 0.3 is 0 Å². The van der Waals surface area contributed by atoms with Crippen LogP contribution < -0.4 is 5.73 Å². The third-order valence-electron chi connectivity index (χ3n) is 3.35. The zero-order valence-corrected chi connectivity index (χ0v) is 14.3. The summed E-state index contributed by atoms with van der Waals surface area (Å²) < 4.78 is 4.47. The van der Waals surface area contributed by atoms with Crippen molar-refractivity contribution in [2.75, 3.05) is 20.6 Å². The number of fused-ring (bicyclic) bond motifs is 1. The normalized spacial score (nSPS) is 13.4. The van der Waals surface area contributed by atoms with Crippen LogP contribution in [0.25, 0.3) is 9.40 Å². The van der Waals surface area contributed by atoms with Crippen molar-refractivity contribution in [2.45, 2.75) is 12.6 Å². The number of nitrogens with zero attached hydrogens (tertiary/aromatic N) is 3. The van der Waals surface area contributed by atoms with E-state index in [1.165, 1.54) is 9.40 Å². The lowest BCUT2D eigenvalue weighted by Gasteiger charge is -2.15. The zero-order valence-electron chi connectivity index (χ0n) is 11.9. The van der Waals surface area contributed by atoms with Crippen molar-refractivity contribution in [1.29, 1.82) is 0 Å². The van der Waals surface area contributed by atoms with E-state index in [4.69, 9.17) is 17.3 Å². The van der Waals surface area contributed by atoms with Crippen molar-refractivity contribution < 1.29 is 0 Å². The lowest BCUT2D eigenvalue weighted by molar-refractivity contribution is 0.368. The van der Waals surface area contributed by atoms with Gasteiger partial charge in [-0.1, -0.05) is 11.6 Å². The van der Waals surface area contributed by atoms with Gasteiger partial charge in [0, 0.05) is 20.8 Å². The smallest absolute Gasteiger partial charge is 0.0838 e. The lowest BCUT2D eigenvalue weighted by Crippen LogP contribution is -2.23. The second-order valence-corrected chi connectivity index (χ2v) is 7.65. The van der Waals surface area contributed by atoms with Crippen molar-refractivity contribution in [3.63, 3.8) is 0 Å². The molecule has 0 saturated heterocycles. The third-order valence-corrected chi connectivity index (χ3v) is 5.82. The fourth-order valence-corrected chi connectivity index (χ4v) is 4.61. The number of hydrogen-bond donors (Lipinski definition) is 1. The topological polar surface area (TPSA) is 47.1 Å². The van der Waals surface area contributed by atoms with E-state index < -0.39 is 0 Å². The van der Waals surface area contributed by atoms with Gasteiger partial charge in [0.05, 0.1) is 29.5 Å². The van der Waals surface area contributed by atoms with E-state index in [1.54, 1.807) is 28.9 Å². The standard InChI is InChI=1S/C14H17ClN4S2/c1-18(2)4-5-19-14(9(15)8-17-19)13(16)12-7-11-10(21-12)3-6-20-11/h3,6-8,13H,4-5,16H2,1-2H3. The molecule has 0 amide bonds. The van der Waals surface area contributed by atoms with Crippen LogP contribution in [-0.2, 0) is 6.54 Å². The lowest BCUT2D eigenvalue weighted by atomic mass is 10.2. The highest BCUT2D eigenvalue weighted by Gasteiger charge is 2.20. The van der Waals surface area contributed by atoms with Crippen LogP contribution in [0.4, 0.5) is 0 Å². The van der Waals surface area contributed by atoms with Crippen molar-refractivity contribution in [2.24, 2.45) is 5.73 Å². The average Bonchev–Trinajstić information content (AvgIpc) is 3.09. The maximum Gasteiger partial charge on any atom is 0.0838 e. The molecule has 0 aliphatic rings. The molecule has 0 radical (unpaired) electrons. The fraction of sp³-hybridized carbons (Fsp3) is 0.357. The van der Waals surface area contributed by atoms with Crippen LogP contribution in [0.2, 0.25) is 5.02 Å². The van der Waals surface area contributed by atoms with Crippen LogP contribution in [0, 0.1) is 0 Å². The summed E-state index contributed by atoms with van der Waals surface area (Å²) in [6, 6.07) is 4.06. The molecule has 0 bridgehead atoms. The summed E-state index contributed by atoms with van der Waals surface area (Å²) in [5.41, 5.74) is 7.34. The zero-order chi connectivity index (χ0) is 15.0. The molecule has 0 fully saturated rings. The minimum Gasteiger partial charge on any atom is -0.318 e. The van der Waals surface area contributed by atoms with E-state index in [-0.39, 0.29) is 6.04 Å². The van der Waals surface area contributed by atoms with Crippen LogP contribution >= 0.6 is 34.3 Å². The molecule has 2 N–H and O–H groups in total. The molecule has 0 aromatic carbocycles. The Balaban J connectivity index is 1.91. The molecular weight excluding hydrogens is 324 g/mol. The number of hydrogen-bond acceptors (Lipinski definition) is 5. The molecule has 4 nitrogen and oxygen atoms in total. The van der Waals surface area contributed by atoms with Gasteiger partial charge in [0.25, 0.3) is 0 Å². The number of aromatic nitrogens is 2. The molecule has 7 heteroatoms. The molecule has 3 heterocycles. The largest absolute Gasteiger partial charge is 0.318 e. The molecule has 3 rings (SSSR count). The van der Waals surface area contributed by atoms with Crippen molar-refractivity contribution >= 4 is 43.7 Å². The van der Waals surface area contributed by atoms with Crippen molar-refractivity contribution in [3.8, 4) is 0 Å². The second kappa shape index (κ2) is 6.06.